The highest BCUT2D eigenvalue weighted by Gasteiger charge is 2.26. The van der Waals surface area contributed by atoms with Crippen LogP contribution in [0.1, 0.15) is 23.0 Å². The Morgan fingerprint density at radius 2 is 1.86 bits per heavy atom. The van der Waals surface area contributed by atoms with Gasteiger partial charge in [0.1, 0.15) is 11.3 Å². The van der Waals surface area contributed by atoms with Crippen LogP contribution in [0.4, 0.5) is 11.4 Å². The Kier molecular flexibility index (Phi) is 5.89. The highest BCUT2D eigenvalue weighted by Crippen LogP contribution is 2.28. The van der Waals surface area contributed by atoms with E-state index in [1.165, 1.54) is 32.2 Å². The molecule has 0 aliphatic carbocycles. The molecule has 9 heteroatoms. The molecule has 0 fully saturated rings. The van der Waals surface area contributed by atoms with Gasteiger partial charge >= 0.3 is 5.97 Å². The molecule has 3 aromatic rings. The van der Waals surface area contributed by atoms with Crippen LogP contribution in [0.25, 0.3) is 11.0 Å². The minimum Gasteiger partial charge on any atom is -0.449 e. The van der Waals surface area contributed by atoms with Gasteiger partial charge in [-0.2, -0.15) is 0 Å². The Labute approximate surface area is 165 Å². The molecule has 3 rings (SSSR count). The minimum atomic E-state index is -1.22. The molecule has 0 radical (unpaired) electrons. The summed E-state index contributed by atoms with van der Waals surface area (Å²) in [6.07, 6.45) is -1.22. The van der Waals surface area contributed by atoms with Crippen LogP contribution in [0.2, 0.25) is 0 Å². The van der Waals surface area contributed by atoms with Crippen LogP contribution in [0.3, 0.4) is 0 Å². The number of amides is 1. The number of nitrogens with zero attached hydrogens (tertiary/aromatic N) is 1. The minimum absolute atomic E-state index is 0.00853. The number of furan rings is 1. The first-order valence-electron chi connectivity index (χ1n) is 8.67. The van der Waals surface area contributed by atoms with Gasteiger partial charge in [0.25, 0.3) is 11.6 Å². The molecule has 0 spiro atoms. The second-order valence-electron chi connectivity index (χ2n) is 6.15. The van der Waals surface area contributed by atoms with Crippen molar-refractivity contribution in [1.82, 2.24) is 0 Å². The number of esters is 1. The van der Waals surface area contributed by atoms with Crippen LogP contribution >= 0.6 is 0 Å². The predicted octanol–water partition coefficient (Wildman–Crippen LogP) is 3.67. The van der Waals surface area contributed by atoms with Crippen LogP contribution < -0.4 is 5.32 Å². The van der Waals surface area contributed by atoms with Gasteiger partial charge in [-0.05, 0) is 19.1 Å². The summed E-state index contributed by atoms with van der Waals surface area (Å²) < 4.78 is 15.9. The van der Waals surface area contributed by atoms with E-state index >= 15 is 0 Å². The summed E-state index contributed by atoms with van der Waals surface area (Å²) >= 11 is 0. The van der Waals surface area contributed by atoms with Crippen molar-refractivity contribution in [2.75, 3.05) is 12.4 Å². The van der Waals surface area contributed by atoms with Crippen LogP contribution in [0, 0.1) is 10.1 Å². The lowest BCUT2D eigenvalue weighted by Gasteiger charge is -2.13. The number of anilines is 1. The number of hydrogen-bond acceptors (Lipinski definition) is 7. The van der Waals surface area contributed by atoms with Gasteiger partial charge in [0.15, 0.2) is 6.10 Å². The number of nitrogens with one attached hydrogen (secondary N) is 1. The van der Waals surface area contributed by atoms with Crippen molar-refractivity contribution in [2.45, 2.75) is 19.6 Å². The summed E-state index contributed by atoms with van der Waals surface area (Å²) in [7, 11) is 1.49. The quantitative estimate of drug-likeness (QED) is 0.366. The number of carbonyl (C=O) groups excluding carboxylic acids is 2. The van der Waals surface area contributed by atoms with Gasteiger partial charge in [0.2, 0.25) is 5.76 Å². The Morgan fingerprint density at radius 3 is 2.59 bits per heavy atom. The smallest absolute Gasteiger partial charge is 0.375 e. The third-order valence-electron chi connectivity index (χ3n) is 4.18. The Morgan fingerprint density at radius 1 is 1.17 bits per heavy atom. The maximum Gasteiger partial charge on any atom is 0.375 e. The van der Waals surface area contributed by atoms with Crippen molar-refractivity contribution < 1.29 is 28.4 Å². The lowest BCUT2D eigenvalue weighted by molar-refractivity contribution is -0.383. The number of ether oxygens (including phenoxy) is 2. The molecule has 9 nitrogen and oxygen atoms in total. The second kappa shape index (κ2) is 8.53. The molecule has 2 aromatic carbocycles. The van der Waals surface area contributed by atoms with Crippen LogP contribution in [-0.4, -0.2) is 30.0 Å². The van der Waals surface area contributed by atoms with Gasteiger partial charge in [0, 0.05) is 24.1 Å². The van der Waals surface area contributed by atoms with Gasteiger partial charge in [-0.1, -0.05) is 30.3 Å². The lowest BCUT2D eigenvalue weighted by atomic mass is 10.1. The summed E-state index contributed by atoms with van der Waals surface area (Å²) in [6.45, 7) is 1.49. The summed E-state index contributed by atoms with van der Waals surface area (Å²) in [4.78, 5) is 35.4. The van der Waals surface area contributed by atoms with Gasteiger partial charge in [-0.15, -0.1) is 0 Å². The van der Waals surface area contributed by atoms with Crippen LogP contribution in [0.15, 0.2) is 52.9 Å². The predicted molar refractivity (Wildman–Crippen MR) is 104 cm³/mol. The van der Waals surface area contributed by atoms with E-state index in [2.05, 4.69) is 5.32 Å². The van der Waals surface area contributed by atoms with E-state index in [9.17, 15) is 19.7 Å². The van der Waals surface area contributed by atoms with Crippen molar-refractivity contribution in [3.63, 3.8) is 0 Å². The van der Waals surface area contributed by atoms with E-state index < -0.39 is 22.9 Å². The molecule has 1 atom stereocenters. The van der Waals surface area contributed by atoms with Gasteiger partial charge in [-0.25, -0.2) is 4.79 Å². The van der Waals surface area contributed by atoms with Crippen molar-refractivity contribution in [3.05, 3.63) is 70.0 Å². The SMILES string of the molecule is COCc1c(C(=O)O[C@@H](C)C(=O)Nc2ccccc2[N+](=O)[O-])oc2ccccc12. The van der Waals surface area contributed by atoms with E-state index in [-0.39, 0.29) is 23.7 Å². The maximum atomic E-state index is 12.6. The second-order valence-corrected chi connectivity index (χ2v) is 6.15. The normalized spacial score (nSPS) is 11.8. The number of rotatable bonds is 7. The fourth-order valence-electron chi connectivity index (χ4n) is 2.79. The number of benzene rings is 2. The molecule has 0 unspecified atom stereocenters. The molecule has 0 aliphatic heterocycles. The Balaban J connectivity index is 1.77. The highest BCUT2D eigenvalue weighted by atomic mass is 16.6. The molecular weight excluding hydrogens is 380 g/mol. The zero-order valence-corrected chi connectivity index (χ0v) is 15.7. The number of nitro groups is 1. The highest BCUT2D eigenvalue weighted by molar-refractivity contribution is 6.00. The monoisotopic (exact) mass is 398 g/mol. The standard InChI is InChI=1S/C20H18N2O7/c1-12(19(23)21-15-8-4-5-9-16(15)22(25)26)28-20(24)18-14(11-27-2)13-7-3-6-10-17(13)29-18/h3-10,12H,11H2,1-2H3,(H,21,23)/t12-/m0/s1. The third-order valence-corrected chi connectivity index (χ3v) is 4.18. The number of carbonyl (C=O) groups is 2. The van der Waals surface area contributed by atoms with E-state index in [0.717, 1.165) is 0 Å². The van der Waals surface area contributed by atoms with Crippen LogP contribution in [-0.2, 0) is 20.9 Å². The summed E-state index contributed by atoms with van der Waals surface area (Å²) in [5, 5.41) is 14.2. The summed E-state index contributed by atoms with van der Waals surface area (Å²) in [5.41, 5.74) is 0.746. The average molecular weight is 398 g/mol. The van der Waals surface area contributed by atoms with Crippen LogP contribution in [0.5, 0.6) is 0 Å². The van der Waals surface area contributed by atoms with Crippen molar-refractivity contribution in [1.29, 1.82) is 0 Å². The Hall–Kier alpha value is -3.72. The van der Waals surface area contributed by atoms with E-state index in [4.69, 9.17) is 13.9 Å². The summed E-state index contributed by atoms with van der Waals surface area (Å²) in [6, 6.07) is 12.7. The fraction of sp³-hybridized carbons (Fsp3) is 0.200. The zero-order chi connectivity index (χ0) is 21.0. The molecule has 1 N–H and O–H groups in total. The molecular formula is C20H18N2O7. The van der Waals surface area contributed by atoms with Gasteiger partial charge < -0.3 is 19.2 Å². The maximum absolute atomic E-state index is 12.6. The molecule has 1 heterocycles. The van der Waals surface area contributed by atoms with Crippen molar-refractivity contribution in [3.8, 4) is 0 Å². The number of para-hydroxylation sites is 3. The largest absolute Gasteiger partial charge is 0.449 e. The fourth-order valence-corrected chi connectivity index (χ4v) is 2.79. The van der Waals surface area contributed by atoms with E-state index in [1.54, 1.807) is 30.3 Å². The third kappa shape index (κ3) is 4.25. The molecule has 0 aliphatic rings. The number of fused-ring (bicyclic) bond motifs is 1. The van der Waals surface area contributed by atoms with E-state index in [1.807, 2.05) is 0 Å². The Bertz CT molecular complexity index is 1070. The topological polar surface area (TPSA) is 121 Å². The molecule has 150 valence electrons. The van der Waals surface area contributed by atoms with Gasteiger partial charge in [0.05, 0.1) is 11.5 Å². The average Bonchev–Trinajstić information content (AvgIpc) is 3.07. The number of nitro benzene ring substituents is 1. The van der Waals surface area contributed by atoms with Crippen molar-refractivity contribution in [2.24, 2.45) is 0 Å². The zero-order valence-electron chi connectivity index (χ0n) is 15.7. The molecule has 0 saturated heterocycles. The summed E-state index contributed by atoms with van der Waals surface area (Å²) in [5.74, 6) is -1.60. The first-order valence-corrected chi connectivity index (χ1v) is 8.67. The molecule has 0 saturated carbocycles. The molecule has 29 heavy (non-hydrogen) atoms. The molecule has 1 amide bonds. The molecule has 1 aromatic heterocycles. The van der Waals surface area contributed by atoms with Crippen molar-refractivity contribution >= 4 is 34.2 Å². The van der Waals surface area contributed by atoms with Gasteiger partial charge in [-0.3, -0.25) is 14.9 Å². The van der Waals surface area contributed by atoms with E-state index in [0.29, 0.717) is 16.5 Å². The first kappa shape index (κ1) is 20.0. The number of hydrogen-bond donors (Lipinski definition) is 1. The molecule has 0 bridgehead atoms. The first-order chi connectivity index (χ1) is 13.9. The number of methoxy groups -OCH3 is 1. The lowest BCUT2D eigenvalue weighted by Crippen LogP contribution is -2.30.